The van der Waals surface area contributed by atoms with E-state index in [1.807, 2.05) is 12.2 Å². The Bertz CT molecular complexity index is 1360. The number of benzene rings is 4. The van der Waals surface area contributed by atoms with Crippen LogP contribution in [0.25, 0.3) is 21.5 Å². The SMILES string of the molecule is O=C(O)c1ccccc1.O=C(O)c1ccccc1.[C-]1=CC=CC1.[CH2]=[Ti+2].c1ccc2c(c1)[cH-]c1ccccc12. The molecular formula is C33H28O4Ti. The maximum absolute atomic E-state index is 10.2. The second-order valence-corrected chi connectivity index (χ2v) is 7.66. The zero-order chi connectivity index (χ0) is 27.6. The molecule has 4 nitrogen and oxygen atoms in total. The predicted octanol–water partition coefficient (Wildman–Crippen LogP) is 7.75. The van der Waals surface area contributed by atoms with Gasteiger partial charge in [0.2, 0.25) is 0 Å². The summed E-state index contributed by atoms with van der Waals surface area (Å²) < 4.78 is 0. The molecule has 0 unspecified atom stereocenters. The van der Waals surface area contributed by atoms with E-state index >= 15 is 0 Å². The number of hydrogen-bond donors (Lipinski definition) is 2. The van der Waals surface area contributed by atoms with Crippen LogP contribution in [-0.4, -0.2) is 27.0 Å². The molecule has 5 aromatic carbocycles. The van der Waals surface area contributed by atoms with Crippen molar-refractivity contribution in [3.05, 3.63) is 151 Å². The summed E-state index contributed by atoms with van der Waals surface area (Å²) in [6.07, 6.45) is 10.0. The molecule has 0 aromatic heterocycles. The fraction of sp³-hybridized carbons (Fsp3) is 0.0303. The van der Waals surface area contributed by atoms with Crippen LogP contribution in [0.1, 0.15) is 27.1 Å². The summed E-state index contributed by atoms with van der Waals surface area (Å²) >= 11 is 1.75. The number of carboxylic acid groups (broad SMARTS) is 2. The normalized spacial score (nSPS) is 10.5. The Kier molecular flexibility index (Phi) is 13.6. The Morgan fingerprint density at radius 3 is 1.34 bits per heavy atom. The van der Waals surface area contributed by atoms with Gasteiger partial charge in [0.15, 0.2) is 0 Å². The molecule has 0 aliphatic heterocycles. The van der Waals surface area contributed by atoms with Gasteiger partial charge in [-0.2, -0.15) is 6.08 Å². The Labute approximate surface area is 234 Å². The van der Waals surface area contributed by atoms with Crippen LogP contribution in [0.15, 0.2) is 133 Å². The van der Waals surface area contributed by atoms with Crippen molar-refractivity contribution in [1.29, 1.82) is 0 Å². The molecule has 6 rings (SSSR count). The van der Waals surface area contributed by atoms with Crippen molar-refractivity contribution in [3.63, 3.8) is 0 Å². The van der Waals surface area contributed by atoms with Crippen molar-refractivity contribution in [2.45, 2.75) is 6.42 Å². The van der Waals surface area contributed by atoms with Crippen LogP contribution in [0.2, 0.25) is 0 Å². The molecule has 1 aliphatic carbocycles. The van der Waals surface area contributed by atoms with E-state index in [0.717, 1.165) is 6.42 Å². The molecule has 0 radical (unpaired) electrons. The van der Waals surface area contributed by atoms with Crippen molar-refractivity contribution in [2.24, 2.45) is 0 Å². The number of hydrogen-bond acceptors (Lipinski definition) is 2. The Morgan fingerprint density at radius 1 is 0.658 bits per heavy atom. The smallest absolute Gasteiger partial charge is 0.0771 e. The van der Waals surface area contributed by atoms with Crippen molar-refractivity contribution in [1.82, 2.24) is 0 Å². The second-order valence-electron chi connectivity index (χ2n) is 7.66. The molecule has 0 heterocycles. The molecule has 188 valence electrons. The van der Waals surface area contributed by atoms with Gasteiger partial charge in [-0.3, -0.25) is 6.08 Å². The average molecular weight is 536 g/mol. The number of carbonyl (C=O) groups is 2. The van der Waals surface area contributed by atoms with E-state index in [4.69, 9.17) is 10.2 Å². The van der Waals surface area contributed by atoms with Crippen LogP contribution >= 0.6 is 0 Å². The topological polar surface area (TPSA) is 74.6 Å². The molecule has 5 aromatic rings. The average Bonchev–Trinajstić information content (AvgIpc) is 3.68. The Morgan fingerprint density at radius 2 is 1.05 bits per heavy atom. The molecule has 0 fully saturated rings. The van der Waals surface area contributed by atoms with Crippen molar-refractivity contribution in [3.8, 4) is 0 Å². The quantitative estimate of drug-likeness (QED) is 0.179. The zero-order valence-electron chi connectivity index (χ0n) is 20.8. The third kappa shape index (κ3) is 10.0. The standard InChI is InChI=1S/C13H9.2C7H6O2.C5H5.CH2.Ti/c1-3-7-12-10(5-1)9-11-6-2-4-8-13(11)12;2*8-7(9)6-4-2-1-3-5-6;1-2-4-5-3-1;;/h1-9H;2*1-5H,(H,8,9);1-3H,4H2;1H2;/q-1;;;-1;;+2. The molecule has 38 heavy (non-hydrogen) atoms. The molecule has 5 heteroatoms. The summed E-state index contributed by atoms with van der Waals surface area (Å²) in [5.74, 6) is -1.76. The number of carboxylic acids is 2. The molecule has 0 saturated carbocycles. The first-order valence-electron chi connectivity index (χ1n) is 11.7. The van der Waals surface area contributed by atoms with Gasteiger partial charge in [-0.05, 0) is 24.3 Å². The minimum absolute atomic E-state index is 0.331. The van der Waals surface area contributed by atoms with Gasteiger partial charge in [-0.25, -0.2) is 21.7 Å². The van der Waals surface area contributed by atoms with E-state index < -0.39 is 11.9 Å². The van der Waals surface area contributed by atoms with Gasteiger partial charge in [-0.15, -0.1) is 46.2 Å². The molecule has 0 bridgehead atoms. The summed E-state index contributed by atoms with van der Waals surface area (Å²) in [4.78, 5) is 23.7. The summed E-state index contributed by atoms with van der Waals surface area (Å²) in [6.45, 7) is 0. The van der Waals surface area contributed by atoms with E-state index in [9.17, 15) is 9.59 Å². The van der Waals surface area contributed by atoms with Gasteiger partial charge in [0.25, 0.3) is 0 Å². The monoisotopic (exact) mass is 536 g/mol. The molecular weight excluding hydrogens is 508 g/mol. The maximum atomic E-state index is 10.2. The Hall–Kier alpha value is -4.25. The summed E-state index contributed by atoms with van der Waals surface area (Å²) in [5, 5.41) is 22.2. The Balaban J connectivity index is 0.000000182. The fourth-order valence-electron chi connectivity index (χ4n) is 3.41. The first-order valence-corrected chi connectivity index (χ1v) is 12.8. The van der Waals surface area contributed by atoms with E-state index in [1.54, 1.807) is 80.6 Å². The molecule has 1 aliphatic rings. The number of fused-ring (bicyclic) bond motifs is 3. The fourth-order valence-corrected chi connectivity index (χ4v) is 3.41. The van der Waals surface area contributed by atoms with Crippen LogP contribution < -0.4 is 0 Å². The van der Waals surface area contributed by atoms with Gasteiger partial charge < -0.3 is 10.2 Å². The molecule has 2 N–H and O–H groups in total. The third-order valence-corrected chi connectivity index (χ3v) is 5.15. The van der Waals surface area contributed by atoms with E-state index in [1.165, 1.54) is 21.5 Å². The van der Waals surface area contributed by atoms with Crippen LogP contribution in [0.4, 0.5) is 0 Å². The minimum Gasteiger partial charge on any atom is -0.126 e. The van der Waals surface area contributed by atoms with Crippen molar-refractivity contribution < 1.29 is 39.8 Å². The zero-order valence-corrected chi connectivity index (χ0v) is 22.4. The summed E-state index contributed by atoms with van der Waals surface area (Å²) in [5.41, 5.74) is 0.662. The predicted molar refractivity (Wildman–Crippen MR) is 153 cm³/mol. The second kappa shape index (κ2) is 17.3. The summed E-state index contributed by atoms with van der Waals surface area (Å²) in [7, 11) is 0. The van der Waals surface area contributed by atoms with Gasteiger partial charge in [0, 0.05) is 0 Å². The molecule has 0 saturated heterocycles. The summed E-state index contributed by atoms with van der Waals surface area (Å²) in [6, 6.07) is 35.9. The first kappa shape index (κ1) is 30.0. The van der Waals surface area contributed by atoms with Crippen LogP contribution in [0, 0.1) is 6.08 Å². The van der Waals surface area contributed by atoms with E-state index in [0.29, 0.717) is 11.1 Å². The van der Waals surface area contributed by atoms with Gasteiger partial charge in [-0.1, -0.05) is 72.8 Å². The van der Waals surface area contributed by atoms with Crippen molar-refractivity contribution >= 4 is 38.3 Å². The van der Waals surface area contributed by atoms with E-state index in [2.05, 4.69) is 71.6 Å². The molecule has 0 spiro atoms. The molecule has 0 atom stereocenters. The van der Waals surface area contributed by atoms with Gasteiger partial charge >= 0.3 is 36.7 Å². The third-order valence-electron chi connectivity index (χ3n) is 5.15. The van der Waals surface area contributed by atoms with Crippen LogP contribution in [-0.2, 0) is 20.0 Å². The number of allylic oxidation sites excluding steroid dienone is 4. The van der Waals surface area contributed by atoms with Crippen LogP contribution in [0.5, 0.6) is 0 Å². The first-order chi connectivity index (χ1) is 18.6. The molecule has 0 amide bonds. The van der Waals surface area contributed by atoms with Crippen LogP contribution in [0.3, 0.4) is 0 Å². The maximum Gasteiger partial charge on any atom is -0.0771 e. The largest absolute Gasteiger partial charge is 0.126 e. The van der Waals surface area contributed by atoms with E-state index in [-0.39, 0.29) is 0 Å². The number of aromatic carboxylic acids is 2. The van der Waals surface area contributed by atoms with Gasteiger partial charge in [0.1, 0.15) is 0 Å². The number of rotatable bonds is 2. The van der Waals surface area contributed by atoms with Crippen molar-refractivity contribution in [2.75, 3.05) is 0 Å². The van der Waals surface area contributed by atoms with Gasteiger partial charge in [0.05, 0.1) is 11.1 Å². The minimum atomic E-state index is -0.879.